The first kappa shape index (κ1) is 56.9. The zero-order valence-electron chi connectivity index (χ0n) is 51.6. The number of hydrogen-bond donors (Lipinski definition) is 2. The van der Waals surface area contributed by atoms with Gasteiger partial charge in [-0.3, -0.25) is 19.9 Å². The van der Waals surface area contributed by atoms with Crippen molar-refractivity contribution in [2.24, 2.45) is 0 Å². The van der Waals surface area contributed by atoms with E-state index < -0.39 is 0 Å². The van der Waals surface area contributed by atoms with E-state index in [0.29, 0.717) is 0 Å². The number of allylic oxidation sites excluding steroid dienone is 4. The molecule has 11 aromatic rings. The molecule has 2 N–H and O–H groups in total. The van der Waals surface area contributed by atoms with Crippen LogP contribution in [-0.4, -0.2) is 39.9 Å². The lowest BCUT2D eigenvalue weighted by Crippen LogP contribution is -2.32. The molecule has 12 heteroatoms. The van der Waals surface area contributed by atoms with Crippen LogP contribution in [0.1, 0.15) is 126 Å². The highest BCUT2D eigenvalue weighted by molar-refractivity contribution is 6.02. The summed E-state index contributed by atoms with van der Waals surface area (Å²) in [6.07, 6.45) is 38.7. The van der Waals surface area contributed by atoms with Crippen LogP contribution in [0.15, 0.2) is 196 Å². The Morgan fingerprint density at radius 3 is 0.602 bits per heavy atom. The van der Waals surface area contributed by atoms with Gasteiger partial charge in [0.15, 0.2) is 49.6 Å². The average molecular weight is 1160 g/mol. The Kier molecular flexibility index (Phi) is 15.9. The molecule has 0 aliphatic carbocycles. The Hall–Kier alpha value is -10.2. The van der Waals surface area contributed by atoms with Gasteiger partial charge >= 0.3 is 0 Å². The van der Waals surface area contributed by atoms with Gasteiger partial charge in [0.05, 0.1) is 0 Å². The predicted octanol–water partition coefficient (Wildman–Crippen LogP) is 15.4. The van der Waals surface area contributed by atoms with Crippen LogP contribution in [0, 0.1) is 0 Å². The minimum atomic E-state index is 0.761. The number of hydrogen-bond acceptors (Lipinski definition) is 6. The lowest BCUT2D eigenvalue weighted by atomic mass is 9.96. The van der Waals surface area contributed by atoms with Gasteiger partial charge in [-0.1, -0.05) is 55.4 Å². The van der Waals surface area contributed by atoms with Crippen molar-refractivity contribution in [2.75, 3.05) is 0 Å². The van der Waals surface area contributed by atoms with Crippen LogP contribution in [0.5, 0.6) is 0 Å². The zero-order chi connectivity index (χ0) is 60.4. The molecule has 0 saturated heterocycles. The highest BCUT2D eigenvalue weighted by Crippen LogP contribution is 2.45. The van der Waals surface area contributed by atoms with Crippen LogP contribution in [-0.2, 0) is 25.7 Å². The van der Waals surface area contributed by atoms with E-state index in [1.54, 1.807) is 0 Å². The van der Waals surface area contributed by atoms with E-state index in [1.165, 1.54) is 44.5 Å². The van der Waals surface area contributed by atoms with Crippen LogP contribution in [0.2, 0.25) is 0 Å². The van der Waals surface area contributed by atoms with Crippen LogP contribution in [0.3, 0.4) is 0 Å². The van der Waals surface area contributed by atoms with E-state index in [-0.39, 0.29) is 0 Å². The molecule has 0 amide bonds. The van der Waals surface area contributed by atoms with Crippen molar-refractivity contribution in [3.8, 4) is 67.3 Å². The van der Waals surface area contributed by atoms with Gasteiger partial charge in [-0.05, 0) is 189 Å². The van der Waals surface area contributed by atoms with Crippen LogP contribution < -0.4 is 18.3 Å². The van der Waals surface area contributed by atoms with Crippen LogP contribution >= 0.6 is 0 Å². The van der Waals surface area contributed by atoms with E-state index in [1.807, 2.05) is 49.6 Å². The molecule has 2 aliphatic heterocycles. The Balaban J connectivity index is 1.27. The first-order chi connectivity index (χ1) is 43.3. The van der Waals surface area contributed by atoms with E-state index in [9.17, 15) is 0 Å². The van der Waals surface area contributed by atoms with Crippen molar-refractivity contribution in [1.82, 2.24) is 39.9 Å². The molecular formula is C76H74N12+4. The number of H-pyrrole nitrogens is 2. The number of fused-ring (bicyclic) bond motifs is 8. The Morgan fingerprint density at radius 2 is 0.432 bits per heavy atom. The summed E-state index contributed by atoms with van der Waals surface area (Å²) < 4.78 is 9.23. The fraction of sp³-hybridized carbons (Fsp3) is 0.211. The van der Waals surface area contributed by atoms with Crippen molar-refractivity contribution in [2.45, 2.75) is 107 Å². The molecule has 0 unspecified atom stereocenters. The molecule has 0 aromatic carbocycles. The molecule has 0 saturated carbocycles. The third kappa shape index (κ3) is 10.0. The van der Waals surface area contributed by atoms with Crippen molar-refractivity contribution >= 4 is 44.4 Å². The topological polar surface area (TPSA) is 124 Å². The molecule has 12 nitrogen and oxygen atoms in total. The van der Waals surface area contributed by atoms with Gasteiger partial charge in [-0.25, -0.2) is 9.97 Å². The third-order valence-corrected chi connectivity index (χ3v) is 17.8. The Labute approximate surface area is 515 Å². The van der Waals surface area contributed by atoms with Crippen molar-refractivity contribution in [3.05, 3.63) is 241 Å². The number of aromatic nitrogens is 12. The van der Waals surface area contributed by atoms with Crippen LogP contribution in [0.25, 0.3) is 112 Å². The minimum Gasteiger partial charge on any atom is -0.344 e. The van der Waals surface area contributed by atoms with E-state index in [0.717, 1.165) is 163 Å². The summed E-state index contributed by atoms with van der Waals surface area (Å²) in [5, 5.41) is 0. The fourth-order valence-electron chi connectivity index (χ4n) is 13.6. The summed E-state index contributed by atoms with van der Waals surface area (Å²) in [6, 6.07) is 34.3. The summed E-state index contributed by atoms with van der Waals surface area (Å²) in [4.78, 5) is 38.4. The van der Waals surface area contributed by atoms with Crippen molar-refractivity contribution in [3.63, 3.8) is 0 Å². The van der Waals surface area contributed by atoms with Gasteiger partial charge in [-0.2, -0.15) is 18.3 Å². The maximum Gasteiger partial charge on any atom is 0.260 e. The van der Waals surface area contributed by atoms with Gasteiger partial charge in [0.25, 0.3) is 22.7 Å². The molecule has 0 atom stereocenters. The number of aryl methyl sites for hydroxylation is 4. The minimum absolute atomic E-state index is 0.761. The molecule has 434 valence electrons. The maximum absolute atomic E-state index is 6.17. The first-order valence-electron chi connectivity index (χ1n) is 31.4. The summed E-state index contributed by atoms with van der Waals surface area (Å²) in [5.41, 5.74) is 30.6. The molecule has 0 radical (unpaired) electrons. The molecule has 11 aromatic heterocycles. The molecule has 0 fully saturated rings. The summed E-state index contributed by atoms with van der Waals surface area (Å²) in [6.45, 7) is 18.4. The maximum atomic E-state index is 6.17. The number of aromatic amines is 2. The van der Waals surface area contributed by atoms with Gasteiger partial charge in [0, 0.05) is 98.1 Å². The van der Waals surface area contributed by atoms with Gasteiger partial charge in [-0.15, -0.1) is 0 Å². The first-order valence-corrected chi connectivity index (χ1v) is 31.4. The molecule has 13 heterocycles. The lowest BCUT2D eigenvalue weighted by Gasteiger charge is -2.08. The summed E-state index contributed by atoms with van der Waals surface area (Å²) in [7, 11) is 0. The largest absolute Gasteiger partial charge is 0.344 e. The Bertz CT molecular complexity index is 4040. The second-order valence-corrected chi connectivity index (χ2v) is 22.3. The monoisotopic (exact) mass is 1150 g/mol. The molecule has 0 spiro atoms. The van der Waals surface area contributed by atoms with Crippen molar-refractivity contribution in [1.29, 1.82) is 0 Å². The number of nitrogens with zero attached hydrogens (tertiary/aromatic N) is 10. The third-order valence-electron chi connectivity index (χ3n) is 17.8. The second-order valence-electron chi connectivity index (χ2n) is 22.3. The van der Waals surface area contributed by atoms with E-state index in [4.69, 9.17) is 9.97 Å². The lowest BCUT2D eigenvalue weighted by molar-refractivity contribution is -0.594. The highest BCUT2D eigenvalue weighted by Gasteiger charge is 2.38. The predicted molar refractivity (Wildman–Crippen MR) is 352 cm³/mol. The average Bonchev–Trinajstić information content (AvgIpc) is 2.16. The zero-order valence-corrected chi connectivity index (χ0v) is 51.6. The number of nitrogens with one attached hydrogen (secondary N) is 2. The SMILES string of the molecule is CCC1=C(CC)c2nc1c(-[n+]1ccc(-c3ccncc3)cc1)c1[nH]c(c(CC)c1CC)c(-[n+]1ccc(-c3ccncc3)cc1)c1nc(c(-[n+]3ccc(-c4ccncc4)cc3)c3[nH]c(c(CC)c3CC)c2-[n+]2ccc(-c3ccncc3)cc2)C(CC)=C1CC. The highest BCUT2D eigenvalue weighted by atomic mass is 15.0. The summed E-state index contributed by atoms with van der Waals surface area (Å²) >= 11 is 0. The van der Waals surface area contributed by atoms with Gasteiger partial charge in [0.2, 0.25) is 0 Å². The quantitative estimate of drug-likeness (QED) is 0.0929. The molecule has 13 rings (SSSR count). The smallest absolute Gasteiger partial charge is 0.260 e. The normalized spacial score (nSPS) is 12.4. The molecular weight excluding hydrogens is 1080 g/mol. The van der Waals surface area contributed by atoms with Gasteiger partial charge in [0.1, 0.15) is 44.8 Å². The van der Waals surface area contributed by atoms with E-state index in [2.05, 4.69) is 250 Å². The van der Waals surface area contributed by atoms with Gasteiger partial charge < -0.3 is 9.97 Å². The van der Waals surface area contributed by atoms with Crippen LogP contribution in [0.4, 0.5) is 0 Å². The number of pyridine rings is 8. The molecule has 88 heavy (non-hydrogen) atoms. The van der Waals surface area contributed by atoms with E-state index >= 15 is 0 Å². The standard InChI is InChI=1S/C76H73N12/c1-9-57-58(10-2)66-74(86-43-27-54(28-44-86)50-19-35-78-36-20-50)68-61(13-5)62(14-6)70(83-68)76(88-47-31-56(32-48-88)52-23-39-80-40-24-52)72-64(16-8)63(15-7)71(84-72)75(87-45-29-55(30-46-87)51-21-37-79-38-22-51)69-60(12-4)59(11-3)67(82-69)73(65(57)81-66)85-41-25-53(26-42-85)49-17-33-77-34-18-49/h17-48,77H,9-16H2,1-8H3/q+3/p+1. The number of rotatable bonds is 16. The summed E-state index contributed by atoms with van der Waals surface area (Å²) in [5.74, 6) is 0. The fourth-order valence-corrected chi connectivity index (χ4v) is 13.6. The molecule has 2 aliphatic rings. The second kappa shape index (κ2) is 24.6. The Morgan fingerprint density at radius 1 is 0.250 bits per heavy atom. The van der Waals surface area contributed by atoms with Crippen molar-refractivity contribution < 1.29 is 18.3 Å². The molecule has 8 bridgehead atoms.